The van der Waals surface area contributed by atoms with E-state index in [4.69, 9.17) is 9.47 Å². The average molecular weight is 504 g/mol. The summed E-state index contributed by atoms with van der Waals surface area (Å²) in [6.07, 6.45) is 1.14. The van der Waals surface area contributed by atoms with Crippen molar-refractivity contribution in [1.29, 1.82) is 0 Å². The SMILES string of the molecule is CC(C)(C)Oc1ccc(S([OH+]S(C)(=O)=O)(c2ccccc2)c2ccc(OC(C)(C)C)cc2)cc1. The van der Waals surface area contributed by atoms with Gasteiger partial charge in [-0.1, -0.05) is 18.2 Å². The Morgan fingerprint density at radius 2 is 0.941 bits per heavy atom. The first-order valence-corrected chi connectivity index (χ1v) is 14.5. The fourth-order valence-corrected chi connectivity index (χ4v) is 8.56. The Balaban J connectivity index is 2.22. The summed E-state index contributed by atoms with van der Waals surface area (Å²) in [7, 11) is -6.19. The highest BCUT2D eigenvalue weighted by atomic mass is 32.3. The summed E-state index contributed by atoms with van der Waals surface area (Å²) in [6, 6.07) is 24.7. The van der Waals surface area contributed by atoms with E-state index in [1.54, 1.807) is 0 Å². The Bertz CT molecular complexity index is 1130. The third-order valence-electron chi connectivity index (χ3n) is 4.51. The smallest absolute Gasteiger partial charge is 0.387 e. The van der Waals surface area contributed by atoms with Crippen LogP contribution in [0.15, 0.2) is 93.5 Å². The van der Waals surface area contributed by atoms with Crippen molar-refractivity contribution in [2.45, 2.75) is 67.4 Å². The van der Waals surface area contributed by atoms with Crippen molar-refractivity contribution in [3.63, 3.8) is 0 Å². The molecule has 0 saturated carbocycles. The molecule has 184 valence electrons. The molecule has 3 rings (SSSR count). The van der Waals surface area contributed by atoms with E-state index in [2.05, 4.69) is 3.63 Å². The van der Waals surface area contributed by atoms with Gasteiger partial charge in [-0.15, -0.1) is 0 Å². The lowest BCUT2D eigenvalue weighted by molar-refractivity contribution is 0.130. The lowest BCUT2D eigenvalue weighted by atomic mass is 10.2. The molecule has 3 aromatic rings. The minimum absolute atomic E-state index is 0.342. The monoisotopic (exact) mass is 503 g/mol. The first kappa shape index (κ1) is 26.1. The van der Waals surface area contributed by atoms with E-state index in [0.717, 1.165) is 20.9 Å². The number of rotatable bonds is 7. The van der Waals surface area contributed by atoms with E-state index < -0.39 is 20.4 Å². The van der Waals surface area contributed by atoms with Gasteiger partial charge < -0.3 is 9.47 Å². The van der Waals surface area contributed by atoms with Crippen LogP contribution in [0.2, 0.25) is 0 Å². The quantitative estimate of drug-likeness (QED) is 0.251. The lowest BCUT2D eigenvalue weighted by Crippen LogP contribution is -2.23. The molecule has 0 bridgehead atoms. The summed E-state index contributed by atoms with van der Waals surface area (Å²) in [5, 5.41) is 0. The predicted molar refractivity (Wildman–Crippen MR) is 140 cm³/mol. The third-order valence-corrected chi connectivity index (χ3v) is 9.35. The summed E-state index contributed by atoms with van der Waals surface area (Å²) in [5.41, 5.74) is -0.685. The summed E-state index contributed by atoms with van der Waals surface area (Å²) >= 11 is 0. The zero-order chi connectivity index (χ0) is 25.2. The Hall–Kier alpha value is -2.48. The van der Waals surface area contributed by atoms with Crippen LogP contribution >= 0.6 is 10.3 Å². The van der Waals surface area contributed by atoms with Crippen molar-refractivity contribution in [2.24, 2.45) is 0 Å². The van der Waals surface area contributed by atoms with Crippen LogP contribution in [-0.4, -0.2) is 29.5 Å². The first-order valence-electron chi connectivity index (χ1n) is 11.1. The standard InChI is InChI=1S/C27H34O5S2/c1-26(2,3)30-21-13-17-24(18-14-21)34(32-33(7,28)29,23-11-9-8-10-12-23)25-19-15-22(16-20-25)31-27(4,5)6/h8-20H,1-7H3/p+1. The average Bonchev–Trinajstić information content (AvgIpc) is 2.71. The molecule has 7 heteroatoms. The first-order chi connectivity index (χ1) is 15.7. The summed E-state index contributed by atoms with van der Waals surface area (Å²) in [4.78, 5) is 2.43. The fraction of sp³-hybridized carbons (Fsp3) is 0.333. The normalized spacial score (nSPS) is 13.4. The van der Waals surface area contributed by atoms with Crippen LogP contribution < -0.4 is 9.47 Å². The zero-order valence-electron chi connectivity index (χ0n) is 20.9. The van der Waals surface area contributed by atoms with Gasteiger partial charge in [0.15, 0.2) is 0 Å². The number of benzene rings is 3. The van der Waals surface area contributed by atoms with Crippen LogP contribution in [0.25, 0.3) is 0 Å². The van der Waals surface area contributed by atoms with Gasteiger partial charge in [-0.3, -0.25) is 3.63 Å². The van der Waals surface area contributed by atoms with Gasteiger partial charge in [-0.2, -0.15) is 8.42 Å². The highest BCUT2D eigenvalue weighted by Crippen LogP contribution is 2.68. The van der Waals surface area contributed by atoms with E-state index in [1.165, 1.54) is 0 Å². The van der Waals surface area contributed by atoms with Crippen LogP contribution in [0.1, 0.15) is 41.5 Å². The van der Waals surface area contributed by atoms with Crippen molar-refractivity contribution in [3.8, 4) is 11.5 Å². The molecule has 0 radical (unpaired) electrons. The van der Waals surface area contributed by atoms with Gasteiger partial charge in [0.25, 0.3) is 0 Å². The van der Waals surface area contributed by atoms with Gasteiger partial charge in [0.2, 0.25) is 0 Å². The molecule has 34 heavy (non-hydrogen) atoms. The van der Waals surface area contributed by atoms with Gasteiger partial charge in [0.1, 0.15) is 29.0 Å². The second-order valence-corrected chi connectivity index (χ2v) is 14.7. The molecule has 0 aliphatic rings. The van der Waals surface area contributed by atoms with Gasteiger partial charge in [-0.05, 0) is 102 Å². The molecule has 0 atom stereocenters. The molecule has 0 aliphatic carbocycles. The van der Waals surface area contributed by atoms with Crippen molar-refractivity contribution >= 4 is 20.4 Å². The molecule has 0 spiro atoms. The third kappa shape index (κ3) is 6.78. The molecular formula is C27H35O5S2+. The molecule has 0 fully saturated rings. The van der Waals surface area contributed by atoms with E-state index >= 15 is 0 Å². The zero-order valence-corrected chi connectivity index (χ0v) is 22.5. The van der Waals surface area contributed by atoms with Gasteiger partial charge in [0, 0.05) is 0 Å². The van der Waals surface area contributed by atoms with Crippen LogP contribution in [0.5, 0.6) is 11.5 Å². The topological polar surface area (TPSA) is 65.4 Å². The van der Waals surface area contributed by atoms with Gasteiger partial charge in [-0.25, -0.2) is 0 Å². The van der Waals surface area contributed by atoms with Crippen LogP contribution in [0.4, 0.5) is 0 Å². The molecule has 0 amide bonds. The fourth-order valence-electron chi connectivity index (χ4n) is 3.47. The van der Waals surface area contributed by atoms with Crippen molar-refractivity contribution in [1.82, 2.24) is 0 Å². The molecule has 3 aromatic carbocycles. The molecule has 1 N–H and O–H groups in total. The summed E-state index contributed by atoms with van der Waals surface area (Å²) in [5.74, 6) is 1.43. The molecule has 0 aromatic heterocycles. The number of hydrogen-bond donors (Lipinski definition) is 0. The molecular weight excluding hydrogens is 468 g/mol. The van der Waals surface area contributed by atoms with Gasteiger partial charge >= 0.3 is 10.1 Å². The minimum Gasteiger partial charge on any atom is -0.488 e. The van der Waals surface area contributed by atoms with Crippen molar-refractivity contribution in [3.05, 3.63) is 78.9 Å². The molecule has 5 nitrogen and oxygen atoms in total. The van der Waals surface area contributed by atoms with Crippen LogP contribution in [-0.2, 0) is 10.1 Å². The number of ether oxygens (including phenoxy) is 2. The highest BCUT2D eigenvalue weighted by molar-refractivity contribution is 8.32. The maximum Gasteiger partial charge on any atom is 0.387 e. The minimum atomic E-state index is -3.70. The molecule has 0 aliphatic heterocycles. The molecule has 0 saturated heterocycles. The van der Waals surface area contributed by atoms with Crippen molar-refractivity contribution < 1.29 is 21.5 Å². The largest absolute Gasteiger partial charge is 0.488 e. The van der Waals surface area contributed by atoms with E-state index in [1.807, 2.05) is 120 Å². The Labute approximate surface area is 205 Å². The maximum absolute atomic E-state index is 12.7. The second kappa shape index (κ2) is 9.64. The van der Waals surface area contributed by atoms with Gasteiger partial charge in [0.05, 0.1) is 25.0 Å². The van der Waals surface area contributed by atoms with E-state index in [-0.39, 0.29) is 11.2 Å². The summed E-state index contributed by atoms with van der Waals surface area (Å²) in [6.45, 7) is 11.9. The molecule has 0 heterocycles. The highest BCUT2D eigenvalue weighted by Gasteiger charge is 2.41. The van der Waals surface area contributed by atoms with Crippen LogP contribution in [0, 0.1) is 0 Å². The Kier molecular flexibility index (Phi) is 7.41. The lowest BCUT2D eigenvalue weighted by Gasteiger charge is -2.34. The molecule has 0 unspecified atom stereocenters. The Morgan fingerprint density at radius 1 is 0.588 bits per heavy atom. The van der Waals surface area contributed by atoms with E-state index in [0.29, 0.717) is 11.5 Å². The van der Waals surface area contributed by atoms with Crippen molar-refractivity contribution in [2.75, 3.05) is 6.26 Å². The van der Waals surface area contributed by atoms with Crippen LogP contribution in [0.3, 0.4) is 0 Å². The second-order valence-electron chi connectivity index (χ2n) is 10.1. The maximum atomic E-state index is 12.7. The van der Waals surface area contributed by atoms with E-state index in [9.17, 15) is 8.42 Å². The predicted octanol–water partition coefficient (Wildman–Crippen LogP) is 7.29. The number of hydrogen-bond acceptors (Lipinski definition) is 4. The summed E-state index contributed by atoms with van der Waals surface area (Å²) < 4.78 is 41.9. The Morgan fingerprint density at radius 3 is 1.26 bits per heavy atom.